The fourth-order valence-electron chi connectivity index (χ4n) is 2.17. The van der Waals surface area contributed by atoms with Gasteiger partial charge in [-0.2, -0.15) is 0 Å². The van der Waals surface area contributed by atoms with Crippen LogP contribution < -0.4 is 4.74 Å². The summed E-state index contributed by atoms with van der Waals surface area (Å²) >= 11 is 0. The zero-order chi connectivity index (χ0) is 14.7. The Labute approximate surface area is 123 Å². The molecule has 2 heterocycles. The summed E-state index contributed by atoms with van der Waals surface area (Å²) in [5, 5.41) is 0. The number of benzene rings is 1. The first kappa shape index (κ1) is 13.4. The molecule has 0 spiro atoms. The Balaban J connectivity index is 1.65. The average Bonchev–Trinajstić information content (AvgIpc) is 2.85. The molecule has 0 unspecified atom stereocenters. The quantitative estimate of drug-likeness (QED) is 0.807. The van der Waals surface area contributed by atoms with Gasteiger partial charge in [0.15, 0.2) is 6.10 Å². The SMILES string of the molecule is CC1=CC(=O)O[C@@H]1c1ccc(OCc2ccccc2)cn1. The van der Waals surface area contributed by atoms with Gasteiger partial charge in [0.2, 0.25) is 0 Å². The van der Waals surface area contributed by atoms with Gasteiger partial charge in [0.05, 0.1) is 11.9 Å². The number of carbonyl (C=O) groups excluding carboxylic acids is 1. The Morgan fingerprint density at radius 1 is 1.19 bits per heavy atom. The first-order valence-electron chi connectivity index (χ1n) is 6.74. The lowest BCUT2D eigenvalue weighted by atomic mass is 10.1. The molecule has 0 amide bonds. The predicted molar refractivity (Wildman–Crippen MR) is 77.6 cm³/mol. The maximum absolute atomic E-state index is 11.2. The van der Waals surface area contributed by atoms with Crippen LogP contribution in [-0.4, -0.2) is 11.0 Å². The van der Waals surface area contributed by atoms with E-state index in [0.717, 1.165) is 11.1 Å². The molecule has 0 bridgehead atoms. The van der Waals surface area contributed by atoms with E-state index in [2.05, 4.69) is 4.98 Å². The zero-order valence-corrected chi connectivity index (χ0v) is 11.7. The third-order valence-corrected chi connectivity index (χ3v) is 3.27. The third-order valence-electron chi connectivity index (χ3n) is 3.27. The number of pyridine rings is 1. The number of nitrogens with zero attached hydrogens (tertiary/aromatic N) is 1. The second kappa shape index (κ2) is 5.79. The predicted octanol–water partition coefficient (Wildman–Crippen LogP) is 3.20. The summed E-state index contributed by atoms with van der Waals surface area (Å²) < 4.78 is 10.9. The van der Waals surface area contributed by atoms with Crippen LogP contribution in [-0.2, 0) is 16.1 Å². The molecule has 2 aromatic rings. The molecule has 0 aliphatic carbocycles. The van der Waals surface area contributed by atoms with Gasteiger partial charge < -0.3 is 9.47 Å². The van der Waals surface area contributed by atoms with Crippen molar-refractivity contribution in [2.24, 2.45) is 0 Å². The molecule has 1 aliphatic rings. The number of rotatable bonds is 4. The molecule has 3 rings (SSSR count). The molecule has 0 fully saturated rings. The topological polar surface area (TPSA) is 48.4 Å². The molecular weight excluding hydrogens is 266 g/mol. The van der Waals surface area contributed by atoms with Crippen LogP contribution in [0.1, 0.15) is 24.3 Å². The van der Waals surface area contributed by atoms with E-state index in [1.165, 1.54) is 6.08 Å². The number of ether oxygens (including phenoxy) is 2. The lowest BCUT2D eigenvalue weighted by Crippen LogP contribution is -2.04. The van der Waals surface area contributed by atoms with Gasteiger partial charge in [-0.1, -0.05) is 30.3 Å². The second-order valence-electron chi connectivity index (χ2n) is 4.90. The minimum atomic E-state index is -0.374. The summed E-state index contributed by atoms with van der Waals surface area (Å²) in [6, 6.07) is 13.6. The highest BCUT2D eigenvalue weighted by Gasteiger charge is 2.25. The van der Waals surface area contributed by atoms with Crippen molar-refractivity contribution in [1.29, 1.82) is 0 Å². The molecule has 1 aromatic carbocycles. The first-order chi connectivity index (χ1) is 10.2. The second-order valence-corrected chi connectivity index (χ2v) is 4.90. The van der Waals surface area contributed by atoms with E-state index in [9.17, 15) is 4.79 Å². The van der Waals surface area contributed by atoms with Crippen LogP contribution in [0.4, 0.5) is 0 Å². The molecule has 1 aliphatic heterocycles. The monoisotopic (exact) mass is 281 g/mol. The van der Waals surface area contributed by atoms with Crippen LogP contribution in [0.5, 0.6) is 5.75 Å². The van der Waals surface area contributed by atoms with Crippen molar-refractivity contribution in [3.8, 4) is 5.75 Å². The van der Waals surface area contributed by atoms with Gasteiger partial charge in [-0.15, -0.1) is 0 Å². The van der Waals surface area contributed by atoms with Gasteiger partial charge in [0.25, 0.3) is 0 Å². The summed E-state index contributed by atoms with van der Waals surface area (Å²) in [4.78, 5) is 15.5. The lowest BCUT2D eigenvalue weighted by molar-refractivity contribution is -0.139. The molecule has 0 saturated carbocycles. The van der Waals surface area contributed by atoms with E-state index in [1.54, 1.807) is 6.20 Å². The van der Waals surface area contributed by atoms with E-state index in [1.807, 2.05) is 49.4 Å². The van der Waals surface area contributed by atoms with E-state index >= 15 is 0 Å². The fraction of sp³-hybridized carbons (Fsp3) is 0.176. The van der Waals surface area contributed by atoms with Gasteiger partial charge in [-0.05, 0) is 30.2 Å². The largest absolute Gasteiger partial charge is 0.487 e. The van der Waals surface area contributed by atoms with Crippen LogP contribution in [0.25, 0.3) is 0 Å². The van der Waals surface area contributed by atoms with Crippen LogP contribution in [0.3, 0.4) is 0 Å². The van der Waals surface area contributed by atoms with Crippen molar-refractivity contribution in [3.05, 3.63) is 71.6 Å². The van der Waals surface area contributed by atoms with Gasteiger partial charge in [0, 0.05) is 6.08 Å². The highest BCUT2D eigenvalue weighted by molar-refractivity contribution is 5.85. The third kappa shape index (κ3) is 3.11. The molecule has 0 radical (unpaired) electrons. The van der Waals surface area contributed by atoms with E-state index in [-0.39, 0.29) is 12.1 Å². The molecule has 106 valence electrons. The smallest absolute Gasteiger partial charge is 0.331 e. The van der Waals surface area contributed by atoms with E-state index < -0.39 is 0 Å². The molecule has 0 N–H and O–H groups in total. The van der Waals surface area contributed by atoms with Gasteiger partial charge in [-0.3, -0.25) is 4.98 Å². The van der Waals surface area contributed by atoms with Gasteiger partial charge in [-0.25, -0.2) is 4.79 Å². The van der Waals surface area contributed by atoms with Crippen molar-refractivity contribution in [2.75, 3.05) is 0 Å². The molecule has 1 aromatic heterocycles. The molecule has 0 saturated heterocycles. The normalized spacial score (nSPS) is 17.3. The van der Waals surface area contributed by atoms with Crippen LogP contribution in [0, 0.1) is 0 Å². The molecule has 1 atom stereocenters. The minimum Gasteiger partial charge on any atom is -0.487 e. The molecule has 21 heavy (non-hydrogen) atoms. The van der Waals surface area contributed by atoms with Crippen molar-refractivity contribution in [1.82, 2.24) is 4.98 Å². The molecular formula is C17H15NO3. The minimum absolute atomic E-state index is 0.316. The van der Waals surface area contributed by atoms with Gasteiger partial charge in [0.1, 0.15) is 12.4 Å². The average molecular weight is 281 g/mol. The summed E-state index contributed by atoms with van der Waals surface area (Å²) in [5.41, 5.74) is 2.68. The van der Waals surface area contributed by atoms with Crippen LogP contribution in [0.15, 0.2) is 60.3 Å². The van der Waals surface area contributed by atoms with Crippen molar-refractivity contribution in [3.63, 3.8) is 0 Å². The number of esters is 1. The Morgan fingerprint density at radius 3 is 2.62 bits per heavy atom. The van der Waals surface area contributed by atoms with E-state index in [0.29, 0.717) is 18.1 Å². The Morgan fingerprint density at radius 2 is 2.00 bits per heavy atom. The first-order valence-corrected chi connectivity index (χ1v) is 6.74. The number of hydrogen-bond donors (Lipinski definition) is 0. The highest BCUT2D eigenvalue weighted by atomic mass is 16.5. The Hall–Kier alpha value is -2.62. The summed E-state index contributed by atoms with van der Waals surface area (Å²) in [7, 11) is 0. The molecule has 4 heteroatoms. The fourth-order valence-corrected chi connectivity index (χ4v) is 2.17. The maximum atomic E-state index is 11.2. The standard InChI is InChI=1S/C17H15NO3/c1-12-9-16(19)21-17(12)15-8-7-14(10-18-15)20-11-13-5-3-2-4-6-13/h2-10,17H,11H2,1H3/t17-/m0/s1. The Kier molecular flexibility index (Phi) is 3.69. The number of carbonyl (C=O) groups is 1. The number of hydrogen-bond acceptors (Lipinski definition) is 4. The van der Waals surface area contributed by atoms with Crippen molar-refractivity contribution >= 4 is 5.97 Å². The number of aromatic nitrogens is 1. The van der Waals surface area contributed by atoms with Crippen molar-refractivity contribution < 1.29 is 14.3 Å². The van der Waals surface area contributed by atoms with Crippen LogP contribution >= 0.6 is 0 Å². The van der Waals surface area contributed by atoms with Crippen LogP contribution in [0.2, 0.25) is 0 Å². The molecule has 4 nitrogen and oxygen atoms in total. The van der Waals surface area contributed by atoms with Crippen molar-refractivity contribution in [2.45, 2.75) is 19.6 Å². The highest BCUT2D eigenvalue weighted by Crippen LogP contribution is 2.29. The van der Waals surface area contributed by atoms with Gasteiger partial charge >= 0.3 is 5.97 Å². The maximum Gasteiger partial charge on any atom is 0.331 e. The van der Waals surface area contributed by atoms with E-state index in [4.69, 9.17) is 9.47 Å². The summed E-state index contributed by atoms with van der Waals surface area (Å²) in [5.74, 6) is 0.372. The summed E-state index contributed by atoms with van der Waals surface area (Å²) in [6.07, 6.45) is 2.77. The number of cyclic esters (lactones) is 1. The lowest BCUT2D eigenvalue weighted by Gasteiger charge is -2.12. The zero-order valence-electron chi connectivity index (χ0n) is 11.7. The Bertz CT molecular complexity index is 662. The summed E-state index contributed by atoms with van der Waals surface area (Å²) in [6.45, 7) is 2.36.